The molecule has 0 aliphatic rings. The highest BCUT2D eigenvalue weighted by Crippen LogP contribution is 2.34. The van der Waals surface area contributed by atoms with E-state index in [0.29, 0.717) is 5.56 Å². The molecule has 0 heterocycles. The van der Waals surface area contributed by atoms with Gasteiger partial charge in [0.25, 0.3) is 0 Å². The van der Waals surface area contributed by atoms with Crippen molar-refractivity contribution in [2.24, 2.45) is 0 Å². The zero-order chi connectivity index (χ0) is 14.1. The quantitative estimate of drug-likeness (QED) is 0.624. The third kappa shape index (κ3) is 3.38. The van der Waals surface area contributed by atoms with Gasteiger partial charge in [0.05, 0.1) is 0 Å². The van der Waals surface area contributed by atoms with Gasteiger partial charge in [-0.05, 0) is 23.6 Å². The zero-order valence-electron chi connectivity index (χ0n) is 10.1. The van der Waals surface area contributed by atoms with E-state index in [4.69, 9.17) is 0 Å². The molecule has 0 aliphatic heterocycles. The highest BCUT2D eigenvalue weighted by atomic mass is 19.4. The maximum atomic E-state index is 12.0. The Balaban J connectivity index is 3.04. The van der Waals surface area contributed by atoms with Crippen LogP contribution < -0.4 is 4.74 Å². The lowest BCUT2D eigenvalue weighted by Gasteiger charge is -2.21. The van der Waals surface area contributed by atoms with E-state index in [1.807, 2.05) is 0 Å². The maximum Gasteiger partial charge on any atom is 0.491 e. The molecular weight excluding hydrogens is 249 g/mol. The van der Waals surface area contributed by atoms with Gasteiger partial charge >= 0.3 is 12.1 Å². The first-order valence-electron chi connectivity index (χ1n) is 5.14. The molecule has 0 atom stereocenters. The van der Waals surface area contributed by atoms with Crippen molar-refractivity contribution in [1.82, 2.24) is 0 Å². The molecule has 1 N–H and O–H groups in total. The third-order valence-electron chi connectivity index (χ3n) is 2.22. The van der Waals surface area contributed by atoms with Gasteiger partial charge in [-0.1, -0.05) is 20.8 Å². The van der Waals surface area contributed by atoms with Crippen molar-refractivity contribution >= 4 is 5.97 Å². The summed E-state index contributed by atoms with van der Waals surface area (Å²) in [6.07, 6.45) is -5.04. The van der Waals surface area contributed by atoms with E-state index < -0.39 is 17.6 Å². The Morgan fingerprint density at radius 3 is 2.22 bits per heavy atom. The average molecular weight is 262 g/mol. The summed E-state index contributed by atoms with van der Waals surface area (Å²) in [5, 5.41) is 9.60. The van der Waals surface area contributed by atoms with Crippen molar-refractivity contribution in [2.75, 3.05) is 0 Å². The van der Waals surface area contributed by atoms with Crippen LogP contribution in [0.4, 0.5) is 13.2 Å². The number of benzene rings is 1. The first kappa shape index (κ1) is 14.3. The molecule has 3 nitrogen and oxygen atoms in total. The lowest BCUT2D eigenvalue weighted by Crippen LogP contribution is -2.28. The largest absolute Gasteiger partial charge is 0.508 e. The Morgan fingerprint density at radius 1 is 1.22 bits per heavy atom. The molecule has 0 unspecified atom stereocenters. The average Bonchev–Trinajstić information content (AvgIpc) is 2.17. The minimum atomic E-state index is -5.04. The number of halogens is 3. The lowest BCUT2D eigenvalue weighted by atomic mass is 9.86. The number of phenolic OH excluding ortho intramolecular Hbond substituents is 1. The fraction of sp³-hybridized carbons (Fsp3) is 0.417. The Bertz CT molecular complexity index is 459. The standard InChI is InChI=1S/C12H13F3O3/c1-11(2,3)8-6-7(4-5-9(8)16)18-10(17)12(13,14)15/h4-6,16H,1-3H3. The third-order valence-corrected chi connectivity index (χ3v) is 2.22. The van der Waals surface area contributed by atoms with Crippen molar-refractivity contribution in [3.05, 3.63) is 23.8 Å². The second-order valence-corrected chi connectivity index (χ2v) is 4.82. The minimum absolute atomic E-state index is 0.0608. The van der Waals surface area contributed by atoms with Gasteiger partial charge in [0.1, 0.15) is 11.5 Å². The van der Waals surface area contributed by atoms with Crippen molar-refractivity contribution in [1.29, 1.82) is 0 Å². The van der Waals surface area contributed by atoms with E-state index in [-0.39, 0.29) is 11.5 Å². The van der Waals surface area contributed by atoms with Crippen molar-refractivity contribution < 1.29 is 27.8 Å². The Hall–Kier alpha value is -1.72. The predicted molar refractivity (Wildman–Crippen MR) is 58.5 cm³/mol. The molecule has 0 bridgehead atoms. The molecule has 18 heavy (non-hydrogen) atoms. The minimum Gasteiger partial charge on any atom is -0.508 e. The number of aromatic hydroxyl groups is 1. The van der Waals surface area contributed by atoms with Gasteiger partial charge in [-0.25, -0.2) is 4.79 Å². The molecular formula is C12H13F3O3. The van der Waals surface area contributed by atoms with E-state index in [1.54, 1.807) is 20.8 Å². The van der Waals surface area contributed by atoms with Crippen LogP contribution >= 0.6 is 0 Å². The van der Waals surface area contributed by atoms with Crippen LogP contribution in [-0.2, 0) is 10.2 Å². The molecule has 0 spiro atoms. The van der Waals surface area contributed by atoms with E-state index >= 15 is 0 Å². The molecule has 0 fully saturated rings. The van der Waals surface area contributed by atoms with E-state index in [1.165, 1.54) is 12.1 Å². The van der Waals surface area contributed by atoms with Crippen LogP contribution in [0.3, 0.4) is 0 Å². The number of hydrogen-bond acceptors (Lipinski definition) is 3. The van der Waals surface area contributed by atoms with Crippen LogP contribution in [0.15, 0.2) is 18.2 Å². The number of hydrogen-bond donors (Lipinski definition) is 1. The summed E-state index contributed by atoms with van der Waals surface area (Å²) in [6.45, 7) is 5.33. The van der Waals surface area contributed by atoms with Gasteiger partial charge in [-0.15, -0.1) is 0 Å². The van der Waals surface area contributed by atoms with Crippen LogP contribution in [0.2, 0.25) is 0 Å². The number of ether oxygens (including phenoxy) is 1. The SMILES string of the molecule is CC(C)(C)c1cc(OC(=O)C(F)(F)F)ccc1O. The molecule has 0 saturated carbocycles. The Kier molecular flexibility index (Phi) is 3.59. The number of esters is 1. The predicted octanol–water partition coefficient (Wildman–Crippen LogP) is 3.16. The molecule has 0 saturated heterocycles. The highest BCUT2D eigenvalue weighted by molar-refractivity contribution is 5.78. The van der Waals surface area contributed by atoms with Crippen molar-refractivity contribution in [2.45, 2.75) is 32.4 Å². The van der Waals surface area contributed by atoms with E-state index in [0.717, 1.165) is 6.07 Å². The number of carbonyl (C=O) groups is 1. The molecule has 100 valence electrons. The zero-order valence-corrected chi connectivity index (χ0v) is 10.1. The van der Waals surface area contributed by atoms with E-state index in [2.05, 4.69) is 4.74 Å². The Labute approximate surface area is 102 Å². The fourth-order valence-electron chi connectivity index (χ4n) is 1.34. The lowest BCUT2D eigenvalue weighted by molar-refractivity contribution is -0.189. The monoisotopic (exact) mass is 262 g/mol. The molecule has 0 radical (unpaired) electrons. The summed E-state index contributed by atoms with van der Waals surface area (Å²) in [7, 11) is 0. The van der Waals surface area contributed by atoms with Crippen LogP contribution in [0.5, 0.6) is 11.5 Å². The molecule has 1 rings (SSSR count). The Morgan fingerprint density at radius 2 is 1.78 bits per heavy atom. The number of alkyl halides is 3. The van der Waals surface area contributed by atoms with Gasteiger partial charge in [0, 0.05) is 5.56 Å². The van der Waals surface area contributed by atoms with Crippen LogP contribution in [0, 0.1) is 0 Å². The number of rotatable bonds is 1. The second-order valence-electron chi connectivity index (χ2n) is 4.82. The molecule has 0 aromatic heterocycles. The van der Waals surface area contributed by atoms with E-state index in [9.17, 15) is 23.1 Å². The fourth-order valence-corrected chi connectivity index (χ4v) is 1.34. The second kappa shape index (κ2) is 4.51. The summed E-state index contributed by atoms with van der Waals surface area (Å²) in [5.41, 5.74) is -0.0833. The molecule has 1 aromatic carbocycles. The van der Waals surface area contributed by atoms with Gasteiger partial charge in [0.2, 0.25) is 0 Å². The highest BCUT2D eigenvalue weighted by Gasteiger charge is 2.41. The van der Waals surface area contributed by atoms with Crippen molar-refractivity contribution in [3.8, 4) is 11.5 Å². The molecule has 1 aromatic rings. The summed E-state index contributed by atoms with van der Waals surface area (Å²) in [4.78, 5) is 10.7. The maximum absolute atomic E-state index is 12.0. The summed E-state index contributed by atoms with van der Waals surface area (Å²) in [6, 6.07) is 3.52. The van der Waals surface area contributed by atoms with Crippen molar-refractivity contribution in [3.63, 3.8) is 0 Å². The van der Waals surface area contributed by atoms with Gasteiger partial charge in [-0.2, -0.15) is 13.2 Å². The summed E-state index contributed by atoms with van der Waals surface area (Å²) >= 11 is 0. The molecule has 0 amide bonds. The smallest absolute Gasteiger partial charge is 0.491 e. The number of carbonyl (C=O) groups excluding carboxylic acids is 1. The van der Waals surface area contributed by atoms with Gasteiger partial charge in [0.15, 0.2) is 0 Å². The van der Waals surface area contributed by atoms with Crippen LogP contribution in [-0.4, -0.2) is 17.3 Å². The first-order chi connectivity index (χ1) is 8.01. The number of phenols is 1. The summed E-state index contributed by atoms with van der Waals surface area (Å²) in [5.74, 6) is -2.59. The summed E-state index contributed by atoms with van der Waals surface area (Å²) < 4.78 is 40.3. The topological polar surface area (TPSA) is 46.5 Å². The van der Waals surface area contributed by atoms with Gasteiger partial charge in [-0.3, -0.25) is 0 Å². The van der Waals surface area contributed by atoms with Gasteiger partial charge < -0.3 is 9.84 Å². The normalized spacial score (nSPS) is 12.3. The molecule has 0 aliphatic carbocycles. The van der Waals surface area contributed by atoms with Crippen LogP contribution in [0.1, 0.15) is 26.3 Å². The van der Waals surface area contributed by atoms with Crippen LogP contribution in [0.25, 0.3) is 0 Å². The first-order valence-corrected chi connectivity index (χ1v) is 5.14. The molecule has 6 heteroatoms.